The molecule has 0 unspecified atom stereocenters. The first-order valence-corrected chi connectivity index (χ1v) is 9.69. The molecule has 136 valence electrons. The zero-order chi connectivity index (χ0) is 18.9. The summed E-state index contributed by atoms with van der Waals surface area (Å²) in [7, 11) is -2.20. The van der Waals surface area contributed by atoms with Gasteiger partial charge in [0.25, 0.3) is 0 Å². The van der Waals surface area contributed by atoms with Gasteiger partial charge in [-0.3, -0.25) is 4.79 Å². The highest BCUT2D eigenvalue weighted by Gasteiger charge is 2.40. The maximum atomic E-state index is 13.2. The number of sulfonamides is 1. The minimum absolute atomic E-state index is 0.187. The average Bonchev–Trinajstić information content (AvgIpc) is 2.99. The smallest absolute Gasteiger partial charge is 0.244 e. The Morgan fingerprint density at radius 3 is 2.42 bits per heavy atom. The van der Waals surface area contributed by atoms with Crippen LogP contribution in [0.25, 0.3) is 0 Å². The van der Waals surface area contributed by atoms with Crippen molar-refractivity contribution in [3.05, 3.63) is 70.8 Å². The van der Waals surface area contributed by atoms with Crippen LogP contribution in [0.5, 0.6) is 5.75 Å². The van der Waals surface area contributed by atoms with E-state index in [-0.39, 0.29) is 11.4 Å². The lowest BCUT2D eigenvalue weighted by molar-refractivity contribution is -0.105. The van der Waals surface area contributed by atoms with E-state index in [4.69, 9.17) is 4.74 Å². The van der Waals surface area contributed by atoms with Crippen LogP contribution in [0, 0.1) is 6.92 Å². The van der Waals surface area contributed by atoms with E-state index in [1.807, 2.05) is 13.0 Å². The summed E-state index contributed by atoms with van der Waals surface area (Å²) in [5, 5.41) is 0. The van der Waals surface area contributed by atoms with Crippen molar-refractivity contribution in [3.63, 3.8) is 0 Å². The third-order valence-corrected chi connectivity index (χ3v) is 6.46. The zero-order valence-corrected chi connectivity index (χ0v) is 15.8. The Kier molecular flexibility index (Phi) is 4.98. The van der Waals surface area contributed by atoms with E-state index in [0.29, 0.717) is 16.9 Å². The van der Waals surface area contributed by atoms with Gasteiger partial charge in [0, 0.05) is 12.1 Å². The summed E-state index contributed by atoms with van der Waals surface area (Å²) >= 11 is 0. The van der Waals surface area contributed by atoms with Crippen molar-refractivity contribution in [2.45, 2.75) is 24.8 Å². The molecule has 0 saturated heterocycles. The molecular formula is C20H21NO4S. The highest BCUT2D eigenvalue weighted by molar-refractivity contribution is 7.89. The SMILES string of the molecule is COc1cccc([C@@H]2C(C=O)=C(C)CN2S(=O)(=O)c2ccc(C)cc2)c1. The minimum atomic E-state index is -3.76. The Hall–Kier alpha value is -2.44. The number of benzene rings is 2. The summed E-state index contributed by atoms with van der Waals surface area (Å²) in [5.41, 5.74) is 2.93. The van der Waals surface area contributed by atoms with E-state index in [9.17, 15) is 13.2 Å². The molecule has 26 heavy (non-hydrogen) atoms. The largest absolute Gasteiger partial charge is 0.497 e. The van der Waals surface area contributed by atoms with Crippen LogP contribution in [0.15, 0.2) is 64.6 Å². The van der Waals surface area contributed by atoms with Gasteiger partial charge in [0.1, 0.15) is 12.0 Å². The van der Waals surface area contributed by atoms with Crippen LogP contribution in [0.3, 0.4) is 0 Å². The molecular weight excluding hydrogens is 350 g/mol. The van der Waals surface area contributed by atoms with Crippen LogP contribution in [-0.2, 0) is 14.8 Å². The topological polar surface area (TPSA) is 63.7 Å². The standard InChI is InChI=1S/C20H21NO4S/c1-14-7-9-18(10-8-14)26(23,24)21-12-15(2)19(13-22)20(21)16-5-4-6-17(11-16)25-3/h4-11,13,20H,12H2,1-3H3/t20-/m1/s1. The molecule has 0 saturated carbocycles. The van der Waals surface area contributed by atoms with Gasteiger partial charge in [0.2, 0.25) is 10.0 Å². The summed E-state index contributed by atoms with van der Waals surface area (Å²) in [6.45, 7) is 3.88. The molecule has 1 atom stereocenters. The van der Waals surface area contributed by atoms with Gasteiger partial charge in [-0.05, 0) is 49.2 Å². The van der Waals surface area contributed by atoms with Crippen LogP contribution >= 0.6 is 0 Å². The van der Waals surface area contributed by atoms with E-state index < -0.39 is 16.1 Å². The summed E-state index contributed by atoms with van der Waals surface area (Å²) < 4.78 is 33.1. The fourth-order valence-electron chi connectivity index (χ4n) is 3.20. The first-order chi connectivity index (χ1) is 12.4. The fraction of sp³-hybridized carbons (Fsp3) is 0.250. The third kappa shape index (κ3) is 3.18. The maximum Gasteiger partial charge on any atom is 0.244 e. The molecule has 0 N–H and O–H groups in total. The summed E-state index contributed by atoms with van der Waals surface area (Å²) in [6, 6.07) is 13.2. The summed E-state index contributed by atoms with van der Waals surface area (Å²) in [4.78, 5) is 11.9. The Bertz CT molecular complexity index is 962. The van der Waals surface area contributed by atoms with Crippen LogP contribution in [0.1, 0.15) is 24.1 Å². The molecule has 2 aromatic carbocycles. The van der Waals surface area contributed by atoms with Gasteiger partial charge in [0.05, 0.1) is 18.0 Å². The summed E-state index contributed by atoms with van der Waals surface area (Å²) in [5.74, 6) is 0.616. The number of carbonyl (C=O) groups is 1. The molecule has 6 heteroatoms. The van der Waals surface area contributed by atoms with Crippen molar-refractivity contribution in [1.29, 1.82) is 0 Å². The molecule has 1 heterocycles. The van der Waals surface area contributed by atoms with E-state index in [1.165, 1.54) is 4.31 Å². The summed E-state index contributed by atoms with van der Waals surface area (Å²) in [6.07, 6.45) is 0.754. The van der Waals surface area contributed by atoms with Gasteiger partial charge >= 0.3 is 0 Å². The molecule has 0 spiro atoms. The first kappa shape index (κ1) is 18.4. The van der Waals surface area contributed by atoms with Gasteiger partial charge in [-0.1, -0.05) is 29.8 Å². The number of methoxy groups -OCH3 is 1. The van der Waals surface area contributed by atoms with Gasteiger partial charge < -0.3 is 4.74 Å². The number of hydrogen-bond acceptors (Lipinski definition) is 4. The molecule has 2 aromatic rings. The van der Waals surface area contributed by atoms with Crippen molar-refractivity contribution in [3.8, 4) is 5.75 Å². The van der Waals surface area contributed by atoms with Gasteiger partial charge in [-0.15, -0.1) is 0 Å². The molecule has 0 aliphatic carbocycles. The first-order valence-electron chi connectivity index (χ1n) is 8.25. The van der Waals surface area contributed by atoms with Gasteiger partial charge in [-0.25, -0.2) is 8.42 Å². The van der Waals surface area contributed by atoms with E-state index >= 15 is 0 Å². The molecule has 1 aliphatic heterocycles. The average molecular weight is 371 g/mol. The Balaban J connectivity index is 2.11. The van der Waals surface area contributed by atoms with E-state index in [0.717, 1.165) is 17.4 Å². The van der Waals surface area contributed by atoms with Gasteiger partial charge in [0.15, 0.2) is 0 Å². The van der Waals surface area contributed by atoms with Crippen molar-refractivity contribution >= 4 is 16.3 Å². The predicted molar refractivity (Wildman–Crippen MR) is 99.6 cm³/mol. The number of aryl methyl sites for hydroxylation is 1. The van der Waals surface area contributed by atoms with Crippen LogP contribution in [-0.4, -0.2) is 32.7 Å². The Morgan fingerprint density at radius 2 is 1.81 bits per heavy atom. The third-order valence-electron chi connectivity index (χ3n) is 4.63. The second-order valence-corrected chi connectivity index (χ2v) is 8.29. The van der Waals surface area contributed by atoms with Crippen molar-refractivity contribution < 1.29 is 17.9 Å². The second-order valence-electron chi connectivity index (χ2n) is 6.40. The number of nitrogens with zero attached hydrogens (tertiary/aromatic N) is 1. The molecule has 0 radical (unpaired) electrons. The molecule has 0 amide bonds. The number of ether oxygens (including phenoxy) is 1. The monoisotopic (exact) mass is 371 g/mol. The lowest BCUT2D eigenvalue weighted by Crippen LogP contribution is -2.32. The number of rotatable bonds is 5. The molecule has 3 rings (SSSR count). The van der Waals surface area contributed by atoms with Crippen LogP contribution < -0.4 is 4.74 Å². The molecule has 0 fully saturated rings. The maximum absolute atomic E-state index is 13.2. The molecule has 0 aromatic heterocycles. The van der Waals surface area contributed by atoms with Gasteiger partial charge in [-0.2, -0.15) is 4.31 Å². The van der Waals surface area contributed by atoms with Crippen LogP contribution in [0.2, 0.25) is 0 Å². The van der Waals surface area contributed by atoms with Crippen molar-refractivity contribution in [2.24, 2.45) is 0 Å². The zero-order valence-electron chi connectivity index (χ0n) is 15.0. The number of carbonyl (C=O) groups excluding carboxylic acids is 1. The van der Waals surface area contributed by atoms with E-state index in [2.05, 4.69) is 0 Å². The molecule has 5 nitrogen and oxygen atoms in total. The lowest BCUT2D eigenvalue weighted by Gasteiger charge is -2.26. The molecule has 1 aliphatic rings. The Labute approximate surface area is 154 Å². The highest BCUT2D eigenvalue weighted by Crippen LogP contribution is 2.40. The van der Waals surface area contributed by atoms with E-state index in [1.54, 1.807) is 56.5 Å². The fourth-order valence-corrected chi connectivity index (χ4v) is 4.82. The normalized spacial score (nSPS) is 18.2. The second kappa shape index (κ2) is 7.05. The Morgan fingerprint density at radius 1 is 1.12 bits per heavy atom. The number of aldehydes is 1. The van der Waals surface area contributed by atoms with Crippen LogP contribution in [0.4, 0.5) is 0 Å². The van der Waals surface area contributed by atoms with Crippen molar-refractivity contribution in [2.75, 3.05) is 13.7 Å². The molecule has 0 bridgehead atoms. The highest BCUT2D eigenvalue weighted by atomic mass is 32.2. The lowest BCUT2D eigenvalue weighted by atomic mass is 9.99. The number of hydrogen-bond donors (Lipinski definition) is 0. The minimum Gasteiger partial charge on any atom is -0.497 e. The quantitative estimate of drug-likeness (QED) is 0.757. The van der Waals surface area contributed by atoms with Crippen molar-refractivity contribution in [1.82, 2.24) is 4.31 Å². The predicted octanol–water partition coefficient (Wildman–Crippen LogP) is 3.26.